The fraction of sp³-hybridized carbons (Fsp3) is 0.150. The van der Waals surface area contributed by atoms with Gasteiger partial charge in [-0.25, -0.2) is 0 Å². The molecule has 0 aromatic heterocycles. The van der Waals surface area contributed by atoms with E-state index in [9.17, 15) is 14.4 Å². The predicted molar refractivity (Wildman–Crippen MR) is 110 cm³/mol. The lowest BCUT2D eigenvalue weighted by molar-refractivity contribution is -0.127. The van der Waals surface area contributed by atoms with Crippen LogP contribution in [0.3, 0.4) is 0 Å². The van der Waals surface area contributed by atoms with Crippen LogP contribution in [-0.4, -0.2) is 35.1 Å². The standard InChI is InChI=1S/C20H17ClN2O4S/c1-2-27-16-8-6-15(7-9-16)22-18(24)12-23-19(25)17(28-20(23)26)11-13-4-3-5-14(21)10-13/h3-11H,2,12H2,1H3,(H,22,24)/b17-11+. The molecule has 1 saturated heterocycles. The van der Waals surface area contributed by atoms with Gasteiger partial charge in [-0.3, -0.25) is 19.3 Å². The molecule has 1 aliphatic heterocycles. The van der Waals surface area contributed by atoms with Crippen LogP contribution in [0.5, 0.6) is 5.75 Å². The minimum atomic E-state index is -0.503. The average Bonchev–Trinajstić information content (AvgIpc) is 2.91. The number of hydrogen-bond acceptors (Lipinski definition) is 5. The molecule has 0 bridgehead atoms. The summed E-state index contributed by atoms with van der Waals surface area (Å²) in [6, 6.07) is 13.8. The van der Waals surface area contributed by atoms with Crippen molar-refractivity contribution in [1.29, 1.82) is 0 Å². The molecule has 0 saturated carbocycles. The molecule has 2 aromatic carbocycles. The second-order valence-electron chi connectivity index (χ2n) is 5.83. The molecule has 1 heterocycles. The molecular formula is C20H17ClN2O4S. The summed E-state index contributed by atoms with van der Waals surface area (Å²) in [5.41, 5.74) is 1.26. The summed E-state index contributed by atoms with van der Waals surface area (Å²) >= 11 is 6.74. The van der Waals surface area contributed by atoms with Crippen LogP contribution >= 0.6 is 23.4 Å². The first kappa shape index (κ1) is 20.0. The van der Waals surface area contributed by atoms with Gasteiger partial charge in [0.2, 0.25) is 5.91 Å². The van der Waals surface area contributed by atoms with Crippen LogP contribution in [0, 0.1) is 0 Å². The average molecular weight is 417 g/mol. The van der Waals surface area contributed by atoms with Crippen molar-refractivity contribution < 1.29 is 19.1 Å². The van der Waals surface area contributed by atoms with Crippen LogP contribution in [0.25, 0.3) is 6.08 Å². The topological polar surface area (TPSA) is 75.7 Å². The van der Waals surface area contributed by atoms with Gasteiger partial charge in [-0.2, -0.15) is 0 Å². The Morgan fingerprint density at radius 2 is 1.96 bits per heavy atom. The van der Waals surface area contributed by atoms with E-state index in [1.807, 2.05) is 6.92 Å². The number of nitrogens with zero attached hydrogens (tertiary/aromatic N) is 1. The highest BCUT2D eigenvalue weighted by molar-refractivity contribution is 8.18. The Labute approximate surface area is 171 Å². The molecule has 1 aliphatic rings. The Balaban J connectivity index is 1.64. The van der Waals surface area contributed by atoms with E-state index in [0.29, 0.717) is 28.6 Å². The predicted octanol–water partition coefficient (Wildman–Crippen LogP) is 4.41. The number of thioether (sulfide) groups is 1. The van der Waals surface area contributed by atoms with Crippen LogP contribution in [0.4, 0.5) is 10.5 Å². The number of anilines is 1. The molecule has 0 unspecified atom stereocenters. The minimum Gasteiger partial charge on any atom is -0.494 e. The molecule has 3 rings (SSSR count). The molecule has 28 heavy (non-hydrogen) atoms. The van der Waals surface area contributed by atoms with Crippen molar-refractivity contribution in [3.05, 3.63) is 64.0 Å². The lowest BCUT2D eigenvalue weighted by Gasteiger charge is -2.12. The summed E-state index contributed by atoms with van der Waals surface area (Å²) in [6.07, 6.45) is 1.58. The lowest BCUT2D eigenvalue weighted by atomic mass is 10.2. The zero-order valence-electron chi connectivity index (χ0n) is 15.0. The highest BCUT2D eigenvalue weighted by atomic mass is 35.5. The Morgan fingerprint density at radius 3 is 2.64 bits per heavy atom. The number of nitrogens with one attached hydrogen (secondary N) is 1. The van der Waals surface area contributed by atoms with E-state index in [-0.39, 0.29) is 11.4 Å². The van der Waals surface area contributed by atoms with Gasteiger partial charge < -0.3 is 10.1 Å². The monoisotopic (exact) mass is 416 g/mol. The second-order valence-corrected chi connectivity index (χ2v) is 7.26. The summed E-state index contributed by atoms with van der Waals surface area (Å²) in [5, 5.41) is 2.71. The molecule has 1 fully saturated rings. The summed E-state index contributed by atoms with van der Waals surface area (Å²) in [4.78, 5) is 38.1. The summed E-state index contributed by atoms with van der Waals surface area (Å²) in [5.74, 6) is -0.273. The molecule has 0 aliphatic carbocycles. The second kappa shape index (κ2) is 8.95. The number of hydrogen-bond donors (Lipinski definition) is 1. The van der Waals surface area contributed by atoms with Crippen LogP contribution in [0.1, 0.15) is 12.5 Å². The third-order valence-electron chi connectivity index (χ3n) is 3.77. The molecule has 144 valence electrons. The van der Waals surface area contributed by atoms with Gasteiger partial charge in [-0.05, 0) is 66.7 Å². The van der Waals surface area contributed by atoms with E-state index in [1.165, 1.54) is 0 Å². The van der Waals surface area contributed by atoms with Gasteiger partial charge in [0, 0.05) is 10.7 Å². The van der Waals surface area contributed by atoms with E-state index in [1.54, 1.807) is 54.6 Å². The highest BCUT2D eigenvalue weighted by Gasteiger charge is 2.36. The summed E-state index contributed by atoms with van der Waals surface area (Å²) in [7, 11) is 0. The zero-order chi connectivity index (χ0) is 20.1. The minimum absolute atomic E-state index is 0.251. The number of halogens is 1. The van der Waals surface area contributed by atoms with Crippen molar-refractivity contribution in [1.82, 2.24) is 4.90 Å². The SMILES string of the molecule is CCOc1ccc(NC(=O)CN2C(=O)S/C(=C/c3cccc(Cl)c3)C2=O)cc1. The molecule has 8 heteroatoms. The number of imide groups is 1. The number of rotatable bonds is 6. The van der Waals surface area contributed by atoms with Crippen LogP contribution < -0.4 is 10.1 Å². The summed E-state index contributed by atoms with van der Waals surface area (Å²) in [6.45, 7) is 2.07. The number of ether oxygens (including phenoxy) is 1. The van der Waals surface area contributed by atoms with Crippen LogP contribution in [0.2, 0.25) is 5.02 Å². The molecule has 0 spiro atoms. The van der Waals surface area contributed by atoms with Crippen molar-refractivity contribution in [2.24, 2.45) is 0 Å². The smallest absolute Gasteiger partial charge is 0.294 e. The van der Waals surface area contributed by atoms with Gasteiger partial charge in [0.25, 0.3) is 11.1 Å². The van der Waals surface area contributed by atoms with Gasteiger partial charge in [0.1, 0.15) is 12.3 Å². The Bertz CT molecular complexity index is 943. The third kappa shape index (κ3) is 4.94. The third-order valence-corrected chi connectivity index (χ3v) is 4.91. The number of benzene rings is 2. The molecule has 0 radical (unpaired) electrons. The molecular weight excluding hydrogens is 400 g/mol. The highest BCUT2D eigenvalue weighted by Crippen LogP contribution is 2.32. The van der Waals surface area contributed by atoms with Crippen molar-refractivity contribution >= 4 is 52.2 Å². The normalized spacial score (nSPS) is 15.2. The fourth-order valence-corrected chi connectivity index (χ4v) is 3.57. The lowest BCUT2D eigenvalue weighted by Crippen LogP contribution is -2.36. The van der Waals surface area contributed by atoms with Crippen molar-refractivity contribution in [3.8, 4) is 5.75 Å². The quantitative estimate of drug-likeness (QED) is 0.706. The Morgan fingerprint density at radius 1 is 1.21 bits per heavy atom. The van der Waals surface area contributed by atoms with E-state index < -0.39 is 17.1 Å². The molecule has 6 nitrogen and oxygen atoms in total. The van der Waals surface area contributed by atoms with E-state index in [4.69, 9.17) is 16.3 Å². The fourth-order valence-electron chi connectivity index (χ4n) is 2.53. The first-order valence-electron chi connectivity index (χ1n) is 8.50. The number of carbonyl (C=O) groups is 3. The first-order chi connectivity index (χ1) is 13.5. The van der Waals surface area contributed by atoms with E-state index >= 15 is 0 Å². The Hall–Kier alpha value is -2.77. The molecule has 2 aromatic rings. The largest absolute Gasteiger partial charge is 0.494 e. The maximum absolute atomic E-state index is 12.5. The van der Waals surface area contributed by atoms with E-state index in [2.05, 4.69) is 5.32 Å². The van der Waals surface area contributed by atoms with Gasteiger partial charge >= 0.3 is 0 Å². The van der Waals surface area contributed by atoms with Gasteiger partial charge in [0.15, 0.2) is 0 Å². The molecule has 3 amide bonds. The first-order valence-corrected chi connectivity index (χ1v) is 9.69. The van der Waals surface area contributed by atoms with Gasteiger partial charge in [-0.15, -0.1) is 0 Å². The van der Waals surface area contributed by atoms with Gasteiger partial charge in [-0.1, -0.05) is 23.7 Å². The molecule has 1 N–H and O–H groups in total. The maximum atomic E-state index is 12.5. The van der Waals surface area contributed by atoms with E-state index in [0.717, 1.165) is 16.7 Å². The van der Waals surface area contributed by atoms with Crippen LogP contribution in [-0.2, 0) is 9.59 Å². The number of amides is 3. The van der Waals surface area contributed by atoms with Crippen molar-refractivity contribution in [2.75, 3.05) is 18.5 Å². The Kier molecular flexibility index (Phi) is 6.38. The molecule has 0 atom stereocenters. The van der Waals surface area contributed by atoms with Crippen LogP contribution in [0.15, 0.2) is 53.4 Å². The maximum Gasteiger partial charge on any atom is 0.294 e. The number of carbonyl (C=O) groups excluding carboxylic acids is 3. The van der Waals surface area contributed by atoms with Crippen molar-refractivity contribution in [3.63, 3.8) is 0 Å². The van der Waals surface area contributed by atoms with Gasteiger partial charge in [0.05, 0.1) is 11.5 Å². The summed E-state index contributed by atoms with van der Waals surface area (Å²) < 4.78 is 5.34. The van der Waals surface area contributed by atoms with Crippen molar-refractivity contribution in [2.45, 2.75) is 6.92 Å². The zero-order valence-corrected chi connectivity index (χ0v) is 16.5.